The lowest BCUT2D eigenvalue weighted by molar-refractivity contribution is 0.186. The third-order valence-corrected chi connectivity index (χ3v) is 4.78. The molecule has 0 saturated heterocycles. The topological polar surface area (TPSA) is 97.7 Å². The summed E-state index contributed by atoms with van der Waals surface area (Å²) in [4.78, 5) is 9.03. The van der Waals surface area contributed by atoms with Gasteiger partial charge in [0.15, 0.2) is 17.3 Å². The smallest absolute Gasteiger partial charge is 0.180 e. The second-order valence-electron chi connectivity index (χ2n) is 6.63. The molecule has 0 fully saturated rings. The number of aryl methyl sites for hydroxylation is 1. The highest BCUT2D eigenvalue weighted by Crippen LogP contribution is 2.29. The molecule has 0 spiro atoms. The summed E-state index contributed by atoms with van der Waals surface area (Å²) in [6, 6.07) is 11.6. The lowest BCUT2D eigenvalue weighted by Crippen LogP contribution is -2.01. The number of benzene rings is 1. The van der Waals surface area contributed by atoms with Crippen LogP contribution in [0.4, 0.5) is 0 Å². The van der Waals surface area contributed by atoms with Crippen molar-refractivity contribution in [2.24, 2.45) is 7.05 Å². The van der Waals surface area contributed by atoms with Crippen molar-refractivity contribution in [3.8, 4) is 28.7 Å². The molecule has 1 unspecified atom stereocenters. The van der Waals surface area contributed by atoms with Crippen molar-refractivity contribution in [3.05, 3.63) is 60.8 Å². The normalized spacial score (nSPS) is 12.7. The predicted octanol–water partition coefficient (Wildman–Crippen LogP) is 3.46. The standard InChI is InChI=1S/C20H18N6O2/c1-12(27)19-23-15-11-13(3-4-16(15)25(19)2)26-10-9-21-20(26)18-6-5-17(28-18)14-7-8-22-24-14/h3-12,27H,1-2H3,(H,22,24). The zero-order chi connectivity index (χ0) is 19.3. The van der Waals surface area contributed by atoms with E-state index < -0.39 is 6.10 Å². The Hall–Kier alpha value is -3.65. The molecule has 0 bridgehead atoms. The van der Waals surface area contributed by atoms with Crippen LogP contribution in [-0.2, 0) is 7.05 Å². The highest BCUT2D eigenvalue weighted by atomic mass is 16.3. The van der Waals surface area contributed by atoms with Gasteiger partial charge in [-0.25, -0.2) is 9.97 Å². The monoisotopic (exact) mass is 374 g/mol. The average molecular weight is 374 g/mol. The Bertz CT molecular complexity index is 1260. The number of nitrogens with zero attached hydrogens (tertiary/aromatic N) is 5. The Labute approximate surface area is 160 Å². The minimum absolute atomic E-state index is 0.631. The summed E-state index contributed by atoms with van der Waals surface area (Å²) in [6.45, 7) is 1.71. The quantitative estimate of drug-likeness (QED) is 0.502. The van der Waals surface area contributed by atoms with Crippen molar-refractivity contribution in [2.75, 3.05) is 0 Å². The first-order valence-corrected chi connectivity index (χ1v) is 8.90. The number of hydrogen-bond acceptors (Lipinski definition) is 5. The molecule has 140 valence electrons. The number of nitrogens with one attached hydrogen (secondary N) is 1. The predicted molar refractivity (Wildman–Crippen MR) is 104 cm³/mol. The van der Waals surface area contributed by atoms with E-state index in [1.807, 2.05) is 58.8 Å². The summed E-state index contributed by atoms with van der Waals surface area (Å²) in [6.07, 6.45) is 4.67. The SMILES string of the molecule is CC(O)c1nc2cc(-n3ccnc3-c3ccc(-c4ccn[nH]4)o3)ccc2n1C. The molecule has 5 rings (SSSR count). The zero-order valence-electron chi connectivity index (χ0n) is 15.4. The molecule has 0 aliphatic rings. The van der Waals surface area contributed by atoms with Crippen LogP contribution < -0.4 is 0 Å². The van der Waals surface area contributed by atoms with Crippen LogP contribution in [0.3, 0.4) is 0 Å². The van der Waals surface area contributed by atoms with Gasteiger partial charge in [-0.15, -0.1) is 0 Å². The lowest BCUT2D eigenvalue weighted by atomic mass is 10.2. The van der Waals surface area contributed by atoms with Crippen LogP contribution in [0.1, 0.15) is 18.9 Å². The molecule has 0 aliphatic heterocycles. The Balaban J connectivity index is 1.58. The van der Waals surface area contributed by atoms with Crippen LogP contribution in [0.15, 0.2) is 59.4 Å². The van der Waals surface area contributed by atoms with Crippen molar-refractivity contribution >= 4 is 11.0 Å². The van der Waals surface area contributed by atoms with E-state index in [0.717, 1.165) is 22.4 Å². The molecular weight excluding hydrogens is 356 g/mol. The number of aromatic nitrogens is 6. The number of imidazole rings is 2. The van der Waals surface area contributed by atoms with Gasteiger partial charge in [0.2, 0.25) is 0 Å². The largest absolute Gasteiger partial charge is 0.451 e. The van der Waals surface area contributed by atoms with Gasteiger partial charge >= 0.3 is 0 Å². The van der Waals surface area contributed by atoms with Crippen LogP contribution in [0.5, 0.6) is 0 Å². The number of hydrogen-bond donors (Lipinski definition) is 2. The van der Waals surface area contributed by atoms with Crippen molar-refractivity contribution in [3.63, 3.8) is 0 Å². The number of aliphatic hydroxyl groups excluding tert-OH is 1. The fourth-order valence-corrected chi connectivity index (χ4v) is 3.42. The average Bonchev–Trinajstić information content (AvgIpc) is 3.46. The molecular formula is C20H18N6O2. The number of aliphatic hydroxyl groups is 1. The summed E-state index contributed by atoms with van der Waals surface area (Å²) in [5.74, 6) is 2.68. The Morgan fingerprint density at radius 3 is 2.75 bits per heavy atom. The highest BCUT2D eigenvalue weighted by molar-refractivity contribution is 5.79. The number of rotatable bonds is 4. The van der Waals surface area contributed by atoms with Crippen LogP contribution in [0.25, 0.3) is 39.8 Å². The van der Waals surface area contributed by atoms with E-state index in [0.29, 0.717) is 23.2 Å². The van der Waals surface area contributed by atoms with Gasteiger partial charge in [-0.3, -0.25) is 9.67 Å². The first kappa shape index (κ1) is 16.5. The maximum Gasteiger partial charge on any atom is 0.180 e. The molecule has 0 aliphatic carbocycles. The van der Waals surface area contributed by atoms with Crippen LogP contribution in [-0.4, -0.2) is 34.4 Å². The molecule has 0 radical (unpaired) electrons. The summed E-state index contributed by atoms with van der Waals surface area (Å²) in [5, 5.41) is 16.8. The number of aromatic amines is 1. The van der Waals surface area contributed by atoms with Gasteiger partial charge in [-0.1, -0.05) is 0 Å². The van der Waals surface area contributed by atoms with E-state index in [4.69, 9.17) is 4.42 Å². The molecule has 8 heteroatoms. The third-order valence-electron chi connectivity index (χ3n) is 4.78. The van der Waals surface area contributed by atoms with Crippen LogP contribution in [0.2, 0.25) is 0 Å². The molecule has 4 heterocycles. The first-order valence-electron chi connectivity index (χ1n) is 8.90. The Kier molecular flexibility index (Phi) is 3.66. The van der Waals surface area contributed by atoms with E-state index in [2.05, 4.69) is 20.2 Å². The molecule has 4 aromatic heterocycles. The van der Waals surface area contributed by atoms with Crippen molar-refractivity contribution < 1.29 is 9.52 Å². The summed E-state index contributed by atoms with van der Waals surface area (Å²) >= 11 is 0. The zero-order valence-corrected chi connectivity index (χ0v) is 15.4. The van der Waals surface area contributed by atoms with Crippen molar-refractivity contribution in [1.82, 2.24) is 29.3 Å². The molecule has 0 amide bonds. The van der Waals surface area contributed by atoms with E-state index in [1.54, 1.807) is 19.3 Å². The highest BCUT2D eigenvalue weighted by Gasteiger charge is 2.16. The molecule has 2 N–H and O–H groups in total. The number of H-pyrrole nitrogens is 1. The third kappa shape index (κ3) is 2.54. The van der Waals surface area contributed by atoms with Gasteiger partial charge in [-0.05, 0) is 43.3 Å². The minimum atomic E-state index is -0.631. The second-order valence-corrected chi connectivity index (χ2v) is 6.63. The molecule has 1 atom stereocenters. The fourth-order valence-electron chi connectivity index (χ4n) is 3.42. The van der Waals surface area contributed by atoms with Gasteiger partial charge in [0.25, 0.3) is 0 Å². The molecule has 0 saturated carbocycles. The summed E-state index contributed by atoms with van der Waals surface area (Å²) in [7, 11) is 1.90. The number of fused-ring (bicyclic) bond motifs is 1. The fraction of sp³-hybridized carbons (Fsp3) is 0.150. The van der Waals surface area contributed by atoms with Gasteiger partial charge in [0, 0.05) is 31.3 Å². The maximum atomic E-state index is 9.91. The molecule has 5 aromatic rings. The molecule has 8 nitrogen and oxygen atoms in total. The van der Waals surface area contributed by atoms with Crippen molar-refractivity contribution in [1.29, 1.82) is 0 Å². The molecule has 28 heavy (non-hydrogen) atoms. The summed E-state index contributed by atoms with van der Waals surface area (Å²) in [5.41, 5.74) is 3.49. The van der Waals surface area contributed by atoms with Crippen LogP contribution in [0, 0.1) is 0 Å². The Morgan fingerprint density at radius 1 is 1.11 bits per heavy atom. The minimum Gasteiger partial charge on any atom is -0.451 e. The van der Waals surface area contributed by atoms with E-state index >= 15 is 0 Å². The summed E-state index contributed by atoms with van der Waals surface area (Å²) < 4.78 is 9.82. The second kappa shape index (κ2) is 6.21. The first-order chi connectivity index (χ1) is 13.6. The van der Waals surface area contributed by atoms with Crippen molar-refractivity contribution in [2.45, 2.75) is 13.0 Å². The van der Waals surface area contributed by atoms with Gasteiger partial charge in [-0.2, -0.15) is 5.10 Å². The molecule has 1 aromatic carbocycles. The number of furan rings is 1. The lowest BCUT2D eigenvalue weighted by Gasteiger charge is -2.07. The van der Waals surface area contributed by atoms with Gasteiger partial charge < -0.3 is 14.1 Å². The van der Waals surface area contributed by atoms with E-state index in [1.165, 1.54) is 0 Å². The Morgan fingerprint density at radius 2 is 1.96 bits per heavy atom. The van der Waals surface area contributed by atoms with Gasteiger partial charge in [0.1, 0.15) is 17.6 Å². The van der Waals surface area contributed by atoms with Gasteiger partial charge in [0.05, 0.1) is 11.0 Å². The van der Waals surface area contributed by atoms with Crippen LogP contribution >= 0.6 is 0 Å². The van der Waals surface area contributed by atoms with E-state index in [-0.39, 0.29) is 0 Å². The maximum absolute atomic E-state index is 9.91. The van der Waals surface area contributed by atoms with E-state index in [9.17, 15) is 5.11 Å².